The van der Waals surface area contributed by atoms with Gasteiger partial charge >= 0.3 is 0 Å². The molecular formula is C19H26N6O. The van der Waals surface area contributed by atoms with Crippen LogP contribution in [0.15, 0.2) is 18.2 Å². The van der Waals surface area contributed by atoms with Crippen LogP contribution in [-0.4, -0.2) is 40.1 Å². The Bertz CT molecular complexity index is 743. The molecule has 138 valence electrons. The number of nitrogens with zero attached hydrogens (tertiary/aromatic N) is 5. The highest BCUT2D eigenvalue weighted by molar-refractivity contribution is 5.54. The quantitative estimate of drug-likeness (QED) is 0.740. The molecule has 0 aliphatic heterocycles. The van der Waals surface area contributed by atoms with E-state index in [9.17, 15) is 0 Å². The van der Waals surface area contributed by atoms with Crippen molar-refractivity contribution in [1.82, 2.24) is 19.9 Å². The van der Waals surface area contributed by atoms with E-state index in [-0.39, 0.29) is 5.95 Å². The maximum absolute atomic E-state index is 5.99. The van der Waals surface area contributed by atoms with Gasteiger partial charge in [-0.05, 0) is 30.7 Å². The monoisotopic (exact) mass is 354 g/mol. The Morgan fingerprint density at radius 1 is 1.00 bits per heavy atom. The first-order valence-electron chi connectivity index (χ1n) is 9.49. The first-order valence-corrected chi connectivity index (χ1v) is 9.49. The minimum Gasteiger partial charge on any atom is -0.481 e. The van der Waals surface area contributed by atoms with E-state index in [0.717, 1.165) is 24.9 Å². The summed E-state index contributed by atoms with van der Waals surface area (Å²) in [6, 6.07) is 5.53. The van der Waals surface area contributed by atoms with Gasteiger partial charge in [-0.1, -0.05) is 31.7 Å². The van der Waals surface area contributed by atoms with E-state index in [1.807, 2.05) is 12.1 Å². The van der Waals surface area contributed by atoms with Gasteiger partial charge in [0.2, 0.25) is 17.8 Å². The highest BCUT2D eigenvalue weighted by atomic mass is 16.5. The number of aromatic nitrogens is 4. The second kappa shape index (κ2) is 7.43. The fourth-order valence-electron chi connectivity index (χ4n) is 3.09. The van der Waals surface area contributed by atoms with Gasteiger partial charge in [-0.2, -0.15) is 15.0 Å². The van der Waals surface area contributed by atoms with Crippen molar-refractivity contribution in [3.05, 3.63) is 18.2 Å². The van der Waals surface area contributed by atoms with Gasteiger partial charge in [-0.3, -0.25) is 0 Å². The third kappa shape index (κ3) is 4.39. The molecule has 2 aromatic rings. The number of rotatable bonds is 9. The van der Waals surface area contributed by atoms with Crippen LogP contribution < -0.4 is 15.4 Å². The van der Waals surface area contributed by atoms with Crippen LogP contribution in [0.3, 0.4) is 0 Å². The number of methoxy groups -OCH3 is 1. The number of nitrogens with two attached hydrogens (primary N) is 1. The maximum Gasteiger partial charge on any atom is 0.230 e. The largest absolute Gasteiger partial charge is 0.481 e. The minimum atomic E-state index is 0.234. The van der Waals surface area contributed by atoms with Crippen molar-refractivity contribution < 1.29 is 4.74 Å². The lowest BCUT2D eigenvalue weighted by Crippen LogP contribution is -2.29. The van der Waals surface area contributed by atoms with Gasteiger partial charge in [-0.15, -0.1) is 0 Å². The molecule has 0 spiro atoms. The highest BCUT2D eigenvalue weighted by Gasteiger charge is 2.26. The van der Waals surface area contributed by atoms with Crippen LogP contribution in [0.2, 0.25) is 0 Å². The number of anilines is 2. The van der Waals surface area contributed by atoms with Gasteiger partial charge in [-0.25, -0.2) is 4.98 Å². The molecule has 2 aliphatic carbocycles. The summed E-state index contributed by atoms with van der Waals surface area (Å²) < 4.78 is 5.20. The molecular weight excluding hydrogens is 328 g/mol. The second-order valence-electron chi connectivity index (χ2n) is 7.33. The average molecular weight is 354 g/mol. The SMILES string of the molecule is COc1cccc(-c2nc(N)nc(N(CCC3CC3)CCC3CC3)n2)n1. The summed E-state index contributed by atoms with van der Waals surface area (Å²) in [5, 5.41) is 0. The van der Waals surface area contributed by atoms with Crippen molar-refractivity contribution in [1.29, 1.82) is 0 Å². The standard InChI is InChI=1S/C19H26N6O/c1-26-16-4-2-3-15(21-16)17-22-18(20)24-19(23-17)25(11-9-13-5-6-13)12-10-14-7-8-14/h2-4,13-14H,5-12H2,1H3,(H2,20,22,23,24). The van der Waals surface area contributed by atoms with Crippen LogP contribution in [0, 0.1) is 11.8 Å². The number of pyridine rings is 1. The maximum atomic E-state index is 5.99. The lowest BCUT2D eigenvalue weighted by atomic mass is 10.2. The molecule has 2 N–H and O–H groups in total. The molecule has 2 saturated carbocycles. The summed E-state index contributed by atoms with van der Waals surface area (Å²) in [5.74, 6) is 3.67. The molecule has 2 fully saturated rings. The Morgan fingerprint density at radius 2 is 1.69 bits per heavy atom. The third-order valence-corrected chi connectivity index (χ3v) is 5.09. The number of hydrogen-bond acceptors (Lipinski definition) is 7. The van der Waals surface area contributed by atoms with Gasteiger partial charge in [0, 0.05) is 19.2 Å². The zero-order valence-electron chi connectivity index (χ0n) is 15.3. The Balaban J connectivity index is 1.58. The second-order valence-corrected chi connectivity index (χ2v) is 7.33. The molecule has 0 aromatic carbocycles. The zero-order valence-corrected chi connectivity index (χ0v) is 15.3. The van der Waals surface area contributed by atoms with Crippen molar-refractivity contribution in [3.8, 4) is 17.4 Å². The minimum absolute atomic E-state index is 0.234. The number of hydrogen-bond donors (Lipinski definition) is 1. The van der Waals surface area contributed by atoms with E-state index in [1.165, 1.54) is 38.5 Å². The van der Waals surface area contributed by atoms with Gasteiger partial charge in [0.15, 0.2) is 5.82 Å². The van der Waals surface area contributed by atoms with Crippen molar-refractivity contribution in [3.63, 3.8) is 0 Å². The zero-order chi connectivity index (χ0) is 17.9. The van der Waals surface area contributed by atoms with Crippen molar-refractivity contribution in [2.45, 2.75) is 38.5 Å². The highest BCUT2D eigenvalue weighted by Crippen LogP contribution is 2.35. The van der Waals surface area contributed by atoms with Crippen molar-refractivity contribution in [2.24, 2.45) is 11.8 Å². The van der Waals surface area contributed by atoms with E-state index in [4.69, 9.17) is 10.5 Å². The van der Waals surface area contributed by atoms with Gasteiger partial charge in [0.25, 0.3) is 0 Å². The Labute approximate surface area is 154 Å². The van der Waals surface area contributed by atoms with E-state index >= 15 is 0 Å². The summed E-state index contributed by atoms with van der Waals surface area (Å²) in [6.07, 6.45) is 7.82. The molecule has 0 atom stereocenters. The molecule has 2 heterocycles. The summed E-state index contributed by atoms with van der Waals surface area (Å²) in [6.45, 7) is 1.96. The molecule has 4 rings (SSSR count). The predicted molar refractivity (Wildman–Crippen MR) is 101 cm³/mol. The Kier molecular flexibility index (Phi) is 4.86. The molecule has 7 heteroatoms. The first-order chi connectivity index (χ1) is 12.7. The molecule has 0 amide bonds. The van der Waals surface area contributed by atoms with Gasteiger partial charge < -0.3 is 15.4 Å². The van der Waals surface area contributed by atoms with Crippen LogP contribution in [-0.2, 0) is 0 Å². The van der Waals surface area contributed by atoms with E-state index in [2.05, 4.69) is 24.8 Å². The molecule has 7 nitrogen and oxygen atoms in total. The molecule has 2 aliphatic rings. The van der Waals surface area contributed by atoms with E-state index < -0.39 is 0 Å². The van der Waals surface area contributed by atoms with Crippen molar-refractivity contribution >= 4 is 11.9 Å². The average Bonchev–Trinajstić information content (AvgIpc) is 3.55. The van der Waals surface area contributed by atoms with Crippen molar-refractivity contribution in [2.75, 3.05) is 30.8 Å². The molecule has 26 heavy (non-hydrogen) atoms. The fraction of sp³-hybridized carbons (Fsp3) is 0.579. The van der Waals surface area contributed by atoms with Gasteiger partial charge in [0.1, 0.15) is 5.69 Å². The summed E-state index contributed by atoms with van der Waals surface area (Å²) >= 11 is 0. The predicted octanol–water partition coefficient (Wildman–Crippen LogP) is 2.93. The van der Waals surface area contributed by atoms with Crippen LogP contribution in [0.5, 0.6) is 5.88 Å². The molecule has 0 saturated heterocycles. The molecule has 0 bridgehead atoms. The van der Waals surface area contributed by atoms with Crippen LogP contribution in [0.25, 0.3) is 11.5 Å². The van der Waals surface area contributed by atoms with Gasteiger partial charge in [0.05, 0.1) is 7.11 Å². The third-order valence-electron chi connectivity index (χ3n) is 5.09. The molecule has 2 aromatic heterocycles. The van der Waals surface area contributed by atoms with Crippen LogP contribution >= 0.6 is 0 Å². The number of ether oxygens (including phenoxy) is 1. The molecule has 0 unspecified atom stereocenters. The molecule has 0 radical (unpaired) electrons. The Hall–Kier alpha value is -2.44. The summed E-state index contributed by atoms with van der Waals surface area (Å²) in [7, 11) is 1.59. The first kappa shape index (κ1) is 17.0. The smallest absolute Gasteiger partial charge is 0.230 e. The normalized spacial score (nSPS) is 16.5. The lowest BCUT2D eigenvalue weighted by molar-refractivity contribution is 0.398. The Morgan fingerprint density at radius 3 is 2.31 bits per heavy atom. The van der Waals surface area contributed by atoms with E-state index in [1.54, 1.807) is 13.2 Å². The number of nitrogen functional groups attached to an aromatic ring is 1. The van der Waals surface area contributed by atoms with E-state index in [0.29, 0.717) is 23.3 Å². The topological polar surface area (TPSA) is 90.0 Å². The van der Waals surface area contributed by atoms with Crippen LogP contribution in [0.4, 0.5) is 11.9 Å². The summed E-state index contributed by atoms with van der Waals surface area (Å²) in [4.78, 5) is 20.1. The van der Waals surface area contributed by atoms with Crippen LogP contribution in [0.1, 0.15) is 38.5 Å². The summed E-state index contributed by atoms with van der Waals surface area (Å²) in [5.41, 5.74) is 6.64. The fourth-order valence-corrected chi connectivity index (χ4v) is 3.09. The lowest BCUT2D eigenvalue weighted by Gasteiger charge is -2.23.